The van der Waals surface area contributed by atoms with Crippen LogP contribution in [0.3, 0.4) is 0 Å². The van der Waals surface area contributed by atoms with E-state index in [1.807, 2.05) is 0 Å². The highest BCUT2D eigenvalue weighted by Gasteiger charge is 2.52. The molecule has 8 nitrogen and oxygen atoms in total. The Balaban J connectivity index is 2.04. The fourth-order valence-corrected chi connectivity index (χ4v) is 3.93. The Hall–Kier alpha value is -0.150. The van der Waals surface area contributed by atoms with E-state index in [0.717, 1.165) is 0 Å². The van der Waals surface area contributed by atoms with Gasteiger partial charge in [-0.25, -0.2) is 4.67 Å². The zero-order valence-electron chi connectivity index (χ0n) is 11.7. The molecule has 0 saturated carbocycles. The Morgan fingerprint density at radius 1 is 1.45 bits per heavy atom. The number of nitrogens with zero attached hydrogens (tertiary/aromatic N) is 2. The van der Waals surface area contributed by atoms with Gasteiger partial charge in [0, 0.05) is 11.5 Å². The molecular weight excluding hydrogens is 307 g/mol. The number of ether oxygens (including phenoxy) is 2. The van der Waals surface area contributed by atoms with Gasteiger partial charge in [-0.3, -0.25) is 10.1 Å². The summed E-state index contributed by atoms with van der Waals surface area (Å²) in [6.07, 6.45) is 0. The zero-order chi connectivity index (χ0) is 15.0. The second-order valence-electron chi connectivity index (χ2n) is 5.42. The maximum atomic E-state index is 11.4. The van der Waals surface area contributed by atoms with Gasteiger partial charge in [0.15, 0.2) is 5.79 Å². The van der Waals surface area contributed by atoms with Crippen LogP contribution in [-0.4, -0.2) is 60.9 Å². The molecule has 2 rings (SSSR count). The highest BCUT2D eigenvalue weighted by Crippen LogP contribution is 2.55. The standard InChI is InChI=1S/C10H19N2O6PS/c1-9(2)15-6-10(7-16-9,12(13)14)8-18-19(20)11(3)4-5-17-19/h4-8H2,1-3H3. The van der Waals surface area contributed by atoms with Gasteiger partial charge in [-0.2, -0.15) is 0 Å². The Labute approximate surface area is 122 Å². The minimum absolute atomic E-state index is 0.0773. The van der Waals surface area contributed by atoms with Crippen LogP contribution in [0.4, 0.5) is 0 Å². The van der Waals surface area contributed by atoms with E-state index in [4.69, 9.17) is 30.3 Å². The van der Waals surface area contributed by atoms with Crippen molar-refractivity contribution in [2.75, 3.05) is 40.0 Å². The first-order valence-corrected chi connectivity index (χ1v) is 8.81. The molecule has 2 aliphatic heterocycles. The number of hydrogen-bond donors (Lipinski definition) is 0. The Morgan fingerprint density at radius 2 is 2.05 bits per heavy atom. The summed E-state index contributed by atoms with van der Waals surface area (Å²) in [6, 6.07) is 0. The molecule has 1 atom stereocenters. The van der Waals surface area contributed by atoms with Crippen LogP contribution in [0, 0.1) is 10.1 Å². The molecule has 20 heavy (non-hydrogen) atoms. The van der Waals surface area contributed by atoms with E-state index in [2.05, 4.69) is 0 Å². The number of hydrogen-bond acceptors (Lipinski definition) is 7. The molecule has 2 heterocycles. The van der Waals surface area contributed by atoms with Crippen LogP contribution in [0.1, 0.15) is 13.8 Å². The number of rotatable bonds is 4. The summed E-state index contributed by atoms with van der Waals surface area (Å²) in [6.45, 7) is 1.66. The minimum Gasteiger partial charge on any atom is -0.343 e. The maximum Gasteiger partial charge on any atom is 0.291 e. The molecule has 0 radical (unpaired) electrons. The van der Waals surface area contributed by atoms with Crippen molar-refractivity contribution in [2.45, 2.75) is 25.2 Å². The molecular formula is C10H19N2O6PS. The van der Waals surface area contributed by atoms with Crippen LogP contribution in [0.5, 0.6) is 0 Å². The molecule has 0 amide bonds. The topological polar surface area (TPSA) is 83.3 Å². The third-order valence-electron chi connectivity index (χ3n) is 3.35. The Kier molecular flexibility index (Phi) is 4.52. The van der Waals surface area contributed by atoms with Crippen LogP contribution in [0.2, 0.25) is 0 Å². The molecule has 0 aliphatic carbocycles. The average Bonchev–Trinajstić information content (AvgIpc) is 2.69. The van der Waals surface area contributed by atoms with E-state index in [1.165, 1.54) is 0 Å². The van der Waals surface area contributed by atoms with Crippen molar-refractivity contribution in [1.29, 1.82) is 0 Å². The average molecular weight is 326 g/mol. The number of likely N-dealkylation sites (N-methyl/N-ethyl adjacent to an activating group) is 1. The van der Waals surface area contributed by atoms with E-state index in [-0.39, 0.29) is 19.8 Å². The lowest BCUT2D eigenvalue weighted by atomic mass is 10.0. The quantitative estimate of drug-likeness (QED) is 0.430. The first kappa shape index (κ1) is 16.2. The molecule has 2 aliphatic rings. The first-order valence-electron chi connectivity index (χ1n) is 6.22. The fraction of sp³-hybridized carbons (Fsp3) is 1.00. The van der Waals surface area contributed by atoms with Gasteiger partial charge in [0.25, 0.3) is 12.2 Å². The van der Waals surface area contributed by atoms with Crippen LogP contribution in [0.15, 0.2) is 0 Å². The number of nitro groups is 1. The third-order valence-corrected chi connectivity index (χ3v) is 6.82. The second kappa shape index (κ2) is 5.57. The molecule has 0 spiro atoms. The van der Waals surface area contributed by atoms with Crippen molar-refractivity contribution < 1.29 is 23.4 Å². The van der Waals surface area contributed by atoms with Crippen molar-refractivity contribution in [3.63, 3.8) is 0 Å². The monoisotopic (exact) mass is 326 g/mol. The van der Waals surface area contributed by atoms with Gasteiger partial charge in [-0.15, -0.1) is 0 Å². The third kappa shape index (κ3) is 3.19. The predicted molar refractivity (Wildman–Crippen MR) is 74.5 cm³/mol. The summed E-state index contributed by atoms with van der Waals surface area (Å²) in [5.74, 6) is -0.818. The summed E-state index contributed by atoms with van der Waals surface area (Å²) in [5.41, 5.74) is -1.44. The molecule has 2 fully saturated rings. The smallest absolute Gasteiger partial charge is 0.291 e. The minimum atomic E-state index is -2.59. The van der Waals surface area contributed by atoms with E-state index >= 15 is 0 Å². The van der Waals surface area contributed by atoms with Crippen molar-refractivity contribution >= 4 is 18.4 Å². The molecule has 2 saturated heterocycles. The molecule has 0 aromatic heterocycles. The van der Waals surface area contributed by atoms with Gasteiger partial charge in [0.2, 0.25) is 0 Å². The largest absolute Gasteiger partial charge is 0.343 e. The summed E-state index contributed by atoms with van der Waals surface area (Å²) in [4.78, 5) is 11.0. The van der Waals surface area contributed by atoms with Gasteiger partial charge >= 0.3 is 0 Å². The molecule has 1 unspecified atom stereocenters. The summed E-state index contributed by atoms with van der Waals surface area (Å²) >= 11 is 5.33. The van der Waals surface area contributed by atoms with Crippen LogP contribution >= 0.6 is 6.64 Å². The first-order chi connectivity index (χ1) is 9.19. The molecule has 116 valence electrons. The highest BCUT2D eigenvalue weighted by molar-refractivity contribution is 8.08. The van der Waals surface area contributed by atoms with Gasteiger partial charge in [-0.05, 0) is 32.7 Å². The van der Waals surface area contributed by atoms with Crippen LogP contribution < -0.4 is 0 Å². The zero-order valence-corrected chi connectivity index (χ0v) is 13.4. The van der Waals surface area contributed by atoms with Crippen molar-refractivity contribution in [2.24, 2.45) is 0 Å². The van der Waals surface area contributed by atoms with Crippen LogP contribution in [-0.2, 0) is 30.3 Å². The van der Waals surface area contributed by atoms with Crippen molar-refractivity contribution in [3.05, 3.63) is 10.1 Å². The molecule has 10 heteroatoms. The van der Waals surface area contributed by atoms with Gasteiger partial charge in [-0.1, -0.05) is 0 Å². The van der Waals surface area contributed by atoms with Gasteiger partial charge in [0.1, 0.15) is 19.8 Å². The Morgan fingerprint density at radius 3 is 2.50 bits per heavy atom. The lowest BCUT2D eigenvalue weighted by molar-refractivity contribution is -0.597. The van der Waals surface area contributed by atoms with Crippen molar-refractivity contribution in [3.8, 4) is 0 Å². The molecule has 0 aromatic rings. The predicted octanol–water partition coefficient (Wildman–Crippen LogP) is 0.988. The summed E-state index contributed by atoms with van der Waals surface area (Å²) in [7, 11) is 1.80. The Bertz CT molecular complexity index is 435. The molecule has 0 bridgehead atoms. The van der Waals surface area contributed by atoms with E-state index in [0.29, 0.717) is 13.2 Å². The van der Waals surface area contributed by atoms with E-state index in [1.54, 1.807) is 25.6 Å². The normalized spacial score (nSPS) is 33.1. The second-order valence-corrected chi connectivity index (χ2v) is 8.94. The SMILES string of the molecule is CN1CCOP1(=S)OCC1([N+](=O)[O-])COC(C)(C)OC1. The van der Waals surface area contributed by atoms with Crippen molar-refractivity contribution in [1.82, 2.24) is 4.67 Å². The molecule has 0 aromatic carbocycles. The fourth-order valence-electron chi connectivity index (χ4n) is 1.79. The van der Waals surface area contributed by atoms with Gasteiger partial charge < -0.3 is 18.5 Å². The lowest BCUT2D eigenvalue weighted by Crippen LogP contribution is -2.58. The summed E-state index contributed by atoms with van der Waals surface area (Å²) < 4.78 is 23.6. The highest BCUT2D eigenvalue weighted by atomic mass is 32.5. The van der Waals surface area contributed by atoms with Crippen LogP contribution in [0.25, 0.3) is 0 Å². The van der Waals surface area contributed by atoms with Gasteiger partial charge in [0.05, 0.1) is 6.61 Å². The van der Waals surface area contributed by atoms with E-state index in [9.17, 15) is 10.1 Å². The lowest BCUT2D eigenvalue weighted by Gasteiger charge is -2.38. The molecule has 0 N–H and O–H groups in total. The maximum absolute atomic E-state index is 11.4. The van der Waals surface area contributed by atoms with E-state index < -0.39 is 22.9 Å². The summed E-state index contributed by atoms with van der Waals surface area (Å²) in [5, 5.41) is 11.4.